The molecule has 0 aromatic carbocycles. The molecule has 0 atom stereocenters. The van der Waals surface area contributed by atoms with Crippen LogP contribution in [0.5, 0.6) is 0 Å². The quantitative estimate of drug-likeness (QED) is 0.381. The maximum absolute atomic E-state index is 8.46. The molecule has 0 radical (unpaired) electrons. The number of hydrogen-bond donors (Lipinski definition) is 0. The van der Waals surface area contributed by atoms with Crippen molar-refractivity contribution in [1.29, 1.82) is 0 Å². The van der Waals surface area contributed by atoms with E-state index in [1.165, 1.54) is 0 Å². The summed E-state index contributed by atoms with van der Waals surface area (Å²) in [7, 11) is 0. The summed E-state index contributed by atoms with van der Waals surface area (Å²) in [5.41, 5.74) is 0. The fraction of sp³-hybridized carbons (Fsp3) is 0. The molecular weight excluding hydrogens is 142 g/mol. The van der Waals surface area contributed by atoms with Gasteiger partial charge in [0, 0.05) is 0 Å². The fourth-order valence-electron chi connectivity index (χ4n) is 0. The van der Waals surface area contributed by atoms with Gasteiger partial charge < -0.3 is 0 Å². The van der Waals surface area contributed by atoms with Gasteiger partial charge in [-0.25, -0.2) is 0 Å². The molecule has 0 aliphatic rings. The predicted octanol–water partition coefficient (Wildman–Crippen LogP) is -1.62. The van der Waals surface area contributed by atoms with Crippen LogP contribution in [0.2, 0.25) is 0 Å². The van der Waals surface area contributed by atoms with Crippen LogP contribution in [-0.2, 0) is 15.2 Å². The van der Waals surface area contributed by atoms with Crippen LogP contribution >= 0.6 is 0 Å². The Hall–Kier alpha value is 1.03. The first-order valence-corrected chi connectivity index (χ1v) is 2.83. The molecule has 0 fully saturated rings. The van der Waals surface area contributed by atoms with Gasteiger partial charge in [0.05, 0.1) is 0 Å². The molecule has 7 heavy (non-hydrogen) atoms. The maximum atomic E-state index is 8.46. The first kappa shape index (κ1) is 15.7. The van der Waals surface area contributed by atoms with E-state index in [4.69, 9.17) is 15.2 Å². The van der Waals surface area contributed by atoms with Crippen LogP contribution in [-0.4, -0.2) is 53.2 Å². The van der Waals surface area contributed by atoms with E-state index in [0.717, 1.165) is 0 Å². The summed E-state index contributed by atoms with van der Waals surface area (Å²) in [6.45, 7) is 0. The zero-order chi connectivity index (χ0) is 5.41. The zero-order valence-corrected chi connectivity index (χ0v) is 7.22. The van der Waals surface area contributed by atoms with Gasteiger partial charge in [-0.05, 0) is 0 Å². The summed E-state index contributed by atoms with van der Waals surface area (Å²) in [5.74, 6) is 0. The molecule has 0 saturated carbocycles. The molecule has 0 N–H and O–H groups in total. The fourth-order valence-corrected chi connectivity index (χ4v) is 0. The monoisotopic (exact) mass is 142 g/mol. The van der Waals surface area contributed by atoms with Gasteiger partial charge in [-0.1, -0.05) is 0 Å². The van der Waals surface area contributed by atoms with Crippen molar-refractivity contribution in [2.75, 3.05) is 0 Å². The summed E-state index contributed by atoms with van der Waals surface area (Å²) < 4.78 is 33.8. The second-order valence-corrected chi connectivity index (χ2v) is 0.577. The molecule has 0 bridgehead atoms. The summed E-state index contributed by atoms with van der Waals surface area (Å²) in [4.78, 5) is 0. The first-order chi connectivity index (χ1) is 2.83. The predicted molar refractivity (Wildman–Crippen MR) is 20.0 cm³/mol. The molecule has 0 aliphatic heterocycles. The van der Waals surface area contributed by atoms with E-state index in [-0.39, 0.29) is 23.1 Å². The van der Waals surface area contributed by atoms with Gasteiger partial charge in [0.15, 0.2) is 0 Å². The summed E-state index contributed by atoms with van der Waals surface area (Å²) >= 11 is -3.50. The molecule has 0 aromatic rings. The minimum absolute atomic E-state index is 0. The van der Waals surface area contributed by atoms with Gasteiger partial charge in [-0.2, -0.15) is 0 Å². The zero-order valence-electron chi connectivity index (χ0n) is 3.49. The van der Waals surface area contributed by atoms with Crippen LogP contribution in [0.1, 0.15) is 0 Å². The van der Waals surface area contributed by atoms with Gasteiger partial charge in [-0.15, -0.1) is 0 Å². The molecule has 0 spiro atoms. The Morgan fingerprint density at radius 1 is 0.714 bits per heavy atom. The average Bonchev–Trinajstić information content (AvgIpc) is 1.39. The summed E-state index contributed by atoms with van der Waals surface area (Å²) in [6, 6.07) is 0. The third-order valence-corrected chi connectivity index (χ3v) is 0. The van der Waals surface area contributed by atoms with Gasteiger partial charge in [0.1, 0.15) is 0 Å². The normalized spacial score (nSPS) is 2.29. The first-order valence-electron chi connectivity index (χ1n) is 0.943. The van der Waals surface area contributed by atoms with Crippen molar-refractivity contribution in [3.05, 3.63) is 0 Å². The molecule has 0 heterocycles. The summed E-state index contributed by atoms with van der Waals surface area (Å²) in [6.07, 6.45) is 0. The van der Waals surface area contributed by atoms with E-state index in [1.54, 1.807) is 0 Å². The van der Waals surface area contributed by atoms with Crippen molar-refractivity contribution in [3.8, 4) is 0 Å². The van der Waals surface area contributed by atoms with Gasteiger partial charge in [-0.3, -0.25) is 0 Å². The third kappa shape index (κ3) is 167. The van der Waals surface area contributed by atoms with Crippen LogP contribution in [0, 0.1) is 0 Å². The molecular formula is Al2MgO4. The number of hydrogen-bond acceptors (Lipinski definition) is 4. The minimum atomic E-state index is -1.75. The molecule has 4 nitrogen and oxygen atoms in total. The molecule has 7 heteroatoms. The van der Waals surface area contributed by atoms with E-state index in [1.807, 2.05) is 0 Å². The van der Waals surface area contributed by atoms with Gasteiger partial charge in [0.2, 0.25) is 0 Å². The SMILES string of the molecule is [Mg+2].[O]=[Al-]=[O].[O]=[Al-]=[O]. The van der Waals surface area contributed by atoms with Gasteiger partial charge in [0.25, 0.3) is 0 Å². The Morgan fingerprint density at radius 3 is 0.714 bits per heavy atom. The second kappa shape index (κ2) is 27.8. The van der Waals surface area contributed by atoms with Gasteiger partial charge >= 0.3 is 68.4 Å². The van der Waals surface area contributed by atoms with E-state index in [0.29, 0.717) is 0 Å². The van der Waals surface area contributed by atoms with Crippen LogP contribution in [0.3, 0.4) is 0 Å². The van der Waals surface area contributed by atoms with Crippen LogP contribution in [0.4, 0.5) is 0 Å². The number of rotatable bonds is 0. The summed E-state index contributed by atoms with van der Waals surface area (Å²) in [5, 5.41) is 0. The second-order valence-electron chi connectivity index (χ2n) is 0.192. The standard InChI is InChI=1S/2Al.Mg.4O/q2*-1;+2;;;;. The Morgan fingerprint density at radius 2 is 0.714 bits per heavy atom. The van der Waals surface area contributed by atoms with E-state index in [9.17, 15) is 0 Å². The van der Waals surface area contributed by atoms with Crippen molar-refractivity contribution in [2.45, 2.75) is 0 Å². The van der Waals surface area contributed by atoms with Crippen LogP contribution < -0.4 is 0 Å². The Balaban J connectivity index is -0.0000000400. The molecule has 0 unspecified atom stereocenters. The molecule has 0 rings (SSSR count). The van der Waals surface area contributed by atoms with E-state index >= 15 is 0 Å². The van der Waals surface area contributed by atoms with E-state index < -0.39 is 30.2 Å². The molecule has 0 aromatic heterocycles. The van der Waals surface area contributed by atoms with Crippen molar-refractivity contribution in [1.82, 2.24) is 0 Å². The van der Waals surface area contributed by atoms with Crippen molar-refractivity contribution < 1.29 is 15.2 Å². The third-order valence-electron chi connectivity index (χ3n) is 0. The van der Waals surface area contributed by atoms with Crippen LogP contribution in [0.25, 0.3) is 0 Å². The van der Waals surface area contributed by atoms with Crippen molar-refractivity contribution >= 4 is 53.2 Å². The Kier molecular flexibility index (Phi) is 62.4. The molecule has 32 valence electrons. The average molecular weight is 142 g/mol. The Bertz CT molecular complexity index is 63.7. The van der Waals surface area contributed by atoms with Crippen LogP contribution in [0.15, 0.2) is 0 Å². The topological polar surface area (TPSA) is 68.3 Å². The Labute approximate surface area is 68.1 Å². The molecule has 0 saturated heterocycles. The van der Waals surface area contributed by atoms with Crippen molar-refractivity contribution in [3.63, 3.8) is 0 Å². The van der Waals surface area contributed by atoms with E-state index in [2.05, 4.69) is 0 Å². The van der Waals surface area contributed by atoms with Crippen molar-refractivity contribution in [2.24, 2.45) is 0 Å². The molecule has 0 aliphatic carbocycles. The molecule has 0 amide bonds.